The van der Waals surface area contributed by atoms with Crippen molar-refractivity contribution in [2.75, 3.05) is 12.0 Å². The van der Waals surface area contributed by atoms with Gasteiger partial charge < -0.3 is 4.98 Å². The van der Waals surface area contributed by atoms with Crippen LogP contribution < -0.4 is 0 Å². The largest absolute Gasteiger partial charge is 0.358 e. The number of hydrogen-bond donors (Lipinski definition) is 1. The Labute approximate surface area is 95.2 Å². The van der Waals surface area contributed by atoms with Crippen LogP contribution in [0.25, 0.3) is 6.08 Å². The van der Waals surface area contributed by atoms with Gasteiger partial charge in [0.2, 0.25) is 0 Å². The number of H-pyrrole nitrogens is 1. The van der Waals surface area contributed by atoms with Gasteiger partial charge in [-0.15, -0.1) is 0 Å². The third kappa shape index (κ3) is 3.59. The fourth-order valence-corrected chi connectivity index (χ4v) is 2.00. The molecule has 0 aliphatic carbocycles. The Kier molecular flexibility index (Phi) is 5.26. The summed E-state index contributed by atoms with van der Waals surface area (Å²) in [6, 6.07) is 1.85. The smallest absolute Gasteiger partial charge is 0.151 e. The summed E-state index contributed by atoms with van der Waals surface area (Å²) >= 11 is 1.86. The predicted octanol–water partition coefficient (Wildman–Crippen LogP) is 3.16. The second kappa shape index (κ2) is 6.51. The van der Waals surface area contributed by atoms with E-state index in [1.807, 2.05) is 17.8 Å². The third-order valence-electron chi connectivity index (χ3n) is 2.33. The van der Waals surface area contributed by atoms with E-state index >= 15 is 0 Å². The van der Waals surface area contributed by atoms with Crippen LogP contribution in [0.5, 0.6) is 0 Å². The number of carbonyl (C=O) groups excluding carboxylic acids is 1. The van der Waals surface area contributed by atoms with Crippen molar-refractivity contribution in [2.24, 2.45) is 0 Å². The lowest BCUT2D eigenvalue weighted by Gasteiger charge is -1.99. The van der Waals surface area contributed by atoms with Crippen molar-refractivity contribution in [3.8, 4) is 0 Å². The van der Waals surface area contributed by atoms with E-state index in [-0.39, 0.29) is 0 Å². The summed E-state index contributed by atoms with van der Waals surface area (Å²) in [5, 5.41) is 0. The van der Waals surface area contributed by atoms with E-state index in [1.54, 1.807) is 6.08 Å². The Bertz CT molecular complexity index is 330. The Morgan fingerprint density at radius 1 is 1.53 bits per heavy atom. The molecule has 2 nitrogen and oxygen atoms in total. The first kappa shape index (κ1) is 12.1. The van der Waals surface area contributed by atoms with Gasteiger partial charge in [0.05, 0.1) is 0 Å². The highest BCUT2D eigenvalue weighted by Gasteiger charge is 2.05. The van der Waals surface area contributed by atoms with E-state index in [1.165, 1.54) is 12.2 Å². The quantitative estimate of drug-likeness (QED) is 0.569. The van der Waals surface area contributed by atoms with Crippen LogP contribution in [-0.2, 0) is 6.42 Å². The van der Waals surface area contributed by atoms with Gasteiger partial charge in [-0.05, 0) is 43.4 Å². The maximum absolute atomic E-state index is 10.8. The Hall–Kier alpha value is -0.960. The molecule has 1 aromatic heterocycles. The number of aldehydes is 1. The van der Waals surface area contributed by atoms with Crippen LogP contribution in [0.1, 0.15) is 34.6 Å². The molecular formula is C12H17NOS. The normalized spacial score (nSPS) is 10.2. The number of carbonyl (C=O) groups is 1. The summed E-state index contributed by atoms with van der Waals surface area (Å²) in [6.45, 7) is 3.68. The summed E-state index contributed by atoms with van der Waals surface area (Å²) in [4.78, 5) is 14.0. The molecule has 0 aliphatic rings. The number of nitrogens with one attached hydrogen (secondary N) is 1. The first-order valence-electron chi connectivity index (χ1n) is 5.10. The lowest BCUT2D eigenvalue weighted by Crippen LogP contribution is -1.92. The van der Waals surface area contributed by atoms with Crippen molar-refractivity contribution < 1.29 is 4.79 Å². The van der Waals surface area contributed by atoms with Crippen LogP contribution in [0.2, 0.25) is 0 Å². The zero-order valence-corrected chi connectivity index (χ0v) is 9.90. The first-order chi connectivity index (χ1) is 7.31. The molecule has 1 heterocycles. The van der Waals surface area contributed by atoms with Crippen LogP contribution >= 0.6 is 11.8 Å². The van der Waals surface area contributed by atoms with Gasteiger partial charge in [0, 0.05) is 17.0 Å². The third-order valence-corrected chi connectivity index (χ3v) is 3.02. The summed E-state index contributed by atoms with van der Waals surface area (Å²) in [5.41, 5.74) is 2.74. The average molecular weight is 223 g/mol. The highest BCUT2D eigenvalue weighted by molar-refractivity contribution is 7.98. The molecule has 1 rings (SSSR count). The minimum Gasteiger partial charge on any atom is -0.358 e. The maximum Gasteiger partial charge on any atom is 0.151 e. The Morgan fingerprint density at radius 2 is 2.33 bits per heavy atom. The zero-order chi connectivity index (χ0) is 11.1. The monoisotopic (exact) mass is 223 g/mol. The van der Waals surface area contributed by atoms with Crippen LogP contribution in [0, 0.1) is 0 Å². The van der Waals surface area contributed by atoms with E-state index in [9.17, 15) is 4.79 Å². The zero-order valence-electron chi connectivity index (χ0n) is 9.08. The lowest BCUT2D eigenvalue weighted by molar-refractivity contribution is 0.112. The van der Waals surface area contributed by atoms with E-state index in [4.69, 9.17) is 0 Å². The second-order valence-corrected chi connectivity index (χ2v) is 4.42. The molecule has 0 bridgehead atoms. The SMILES string of the molecule is C=Cc1cc(C=O)c(CCCCSC)[nH]1. The topological polar surface area (TPSA) is 32.9 Å². The molecule has 0 saturated heterocycles. The number of thioether (sulfide) groups is 1. The van der Waals surface area contributed by atoms with Gasteiger partial charge >= 0.3 is 0 Å². The molecule has 3 heteroatoms. The van der Waals surface area contributed by atoms with Crippen molar-refractivity contribution >= 4 is 24.1 Å². The number of aryl methyl sites for hydroxylation is 1. The standard InChI is InChI=1S/C12H17NOS/c1-3-11-8-10(9-14)12(13-11)6-4-5-7-15-2/h3,8-9,13H,1,4-7H2,2H3. The van der Waals surface area contributed by atoms with Crippen molar-refractivity contribution in [2.45, 2.75) is 19.3 Å². The second-order valence-electron chi connectivity index (χ2n) is 3.43. The Morgan fingerprint density at radius 3 is 2.93 bits per heavy atom. The molecule has 1 N–H and O–H groups in total. The molecule has 0 fully saturated rings. The molecule has 0 saturated carbocycles. The number of aromatic amines is 1. The summed E-state index contributed by atoms with van der Waals surface area (Å²) in [7, 11) is 0. The number of rotatable bonds is 7. The van der Waals surface area contributed by atoms with Crippen molar-refractivity contribution in [3.05, 3.63) is 29.6 Å². The highest BCUT2D eigenvalue weighted by atomic mass is 32.2. The molecule has 0 radical (unpaired) electrons. The molecule has 0 spiro atoms. The first-order valence-corrected chi connectivity index (χ1v) is 6.49. The van der Waals surface area contributed by atoms with E-state index in [0.29, 0.717) is 0 Å². The van der Waals surface area contributed by atoms with Gasteiger partial charge in [-0.25, -0.2) is 0 Å². The van der Waals surface area contributed by atoms with Gasteiger partial charge in [0.25, 0.3) is 0 Å². The number of unbranched alkanes of at least 4 members (excludes halogenated alkanes) is 1. The van der Waals surface area contributed by atoms with Crippen LogP contribution in [-0.4, -0.2) is 23.3 Å². The van der Waals surface area contributed by atoms with Crippen molar-refractivity contribution in [1.29, 1.82) is 0 Å². The lowest BCUT2D eigenvalue weighted by atomic mass is 10.1. The highest BCUT2D eigenvalue weighted by Crippen LogP contribution is 2.13. The summed E-state index contributed by atoms with van der Waals surface area (Å²) < 4.78 is 0. The van der Waals surface area contributed by atoms with Crippen LogP contribution in [0.4, 0.5) is 0 Å². The Balaban J connectivity index is 2.54. The van der Waals surface area contributed by atoms with Gasteiger partial charge in [-0.1, -0.05) is 6.58 Å². The summed E-state index contributed by atoms with van der Waals surface area (Å²) in [6.07, 6.45) is 8.02. The van der Waals surface area contributed by atoms with Gasteiger partial charge in [-0.2, -0.15) is 11.8 Å². The molecule has 15 heavy (non-hydrogen) atoms. The average Bonchev–Trinajstić information content (AvgIpc) is 2.67. The molecule has 1 aromatic rings. The van der Waals surface area contributed by atoms with Crippen molar-refractivity contribution in [3.63, 3.8) is 0 Å². The van der Waals surface area contributed by atoms with Gasteiger partial charge in [0.1, 0.15) is 0 Å². The fourth-order valence-electron chi connectivity index (χ4n) is 1.51. The van der Waals surface area contributed by atoms with Gasteiger partial charge in [-0.3, -0.25) is 4.79 Å². The van der Waals surface area contributed by atoms with E-state index in [2.05, 4.69) is 17.8 Å². The number of aromatic nitrogens is 1. The fraction of sp³-hybridized carbons (Fsp3) is 0.417. The molecule has 0 atom stereocenters. The predicted molar refractivity (Wildman–Crippen MR) is 67.6 cm³/mol. The molecule has 0 unspecified atom stereocenters. The molecule has 82 valence electrons. The number of hydrogen-bond acceptors (Lipinski definition) is 2. The van der Waals surface area contributed by atoms with Gasteiger partial charge in [0.15, 0.2) is 6.29 Å². The van der Waals surface area contributed by atoms with Crippen LogP contribution in [0.15, 0.2) is 12.6 Å². The minimum atomic E-state index is 0.772. The van der Waals surface area contributed by atoms with E-state index in [0.717, 1.165) is 36.1 Å². The van der Waals surface area contributed by atoms with E-state index < -0.39 is 0 Å². The summed E-state index contributed by atoms with van der Waals surface area (Å²) in [5.74, 6) is 1.19. The minimum absolute atomic E-state index is 0.772. The molecular weight excluding hydrogens is 206 g/mol. The molecule has 0 amide bonds. The maximum atomic E-state index is 10.8. The molecule has 0 aliphatic heterocycles. The van der Waals surface area contributed by atoms with Crippen molar-refractivity contribution in [1.82, 2.24) is 4.98 Å². The van der Waals surface area contributed by atoms with Crippen LogP contribution in [0.3, 0.4) is 0 Å². The molecule has 0 aromatic carbocycles.